The molecule has 0 radical (unpaired) electrons. The summed E-state index contributed by atoms with van der Waals surface area (Å²) in [7, 11) is 0. The first-order valence-electron chi connectivity index (χ1n) is 3.96. The number of phenols is 3. The Balaban J connectivity index is 3.01. The highest BCUT2D eigenvalue weighted by Crippen LogP contribution is 2.35. The van der Waals surface area contributed by atoms with Crippen molar-refractivity contribution in [2.24, 2.45) is 5.16 Å². The number of rotatable bonds is 2. The van der Waals surface area contributed by atoms with Crippen LogP contribution in [0.4, 0.5) is 0 Å². The topological polar surface area (TPSA) is 93.3 Å². The van der Waals surface area contributed by atoms with Gasteiger partial charge in [0.25, 0.3) is 0 Å². The van der Waals surface area contributed by atoms with Crippen LogP contribution in [0.15, 0.2) is 17.3 Å². The van der Waals surface area contributed by atoms with Gasteiger partial charge in [-0.1, -0.05) is 5.16 Å². The Morgan fingerprint density at radius 1 is 1.21 bits per heavy atom. The maximum absolute atomic E-state index is 9.15. The lowest BCUT2D eigenvalue weighted by molar-refractivity contribution is 0.317. The molecule has 4 N–H and O–H groups in total. The number of aromatic hydroxyl groups is 3. The Bertz CT molecular complexity index is 350. The third-order valence-electron chi connectivity index (χ3n) is 1.76. The first-order chi connectivity index (χ1) is 6.54. The van der Waals surface area contributed by atoms with Crippen molar-refractivity contribution in [2.75, 3.05) is 0 Å². The van der Waals surface area contributed by atoms with Crippen molar-refractivity contribution in [2.45, 2.75) is 13.3 Å². The highest BCUT2D eigenvalue weighted by Gasteiger charge is 2.08. The van der Waals surface area contributed by atoms with Crippen LogP contribution in [0.2, 0.25) is 0 Å². The van der Waals surface area contributed by atoms with Gasteiger partial charge in [0.15, 0.2) is 17.2 Å². The Morgan fingerprint density at radius 2 is 1.71 bits per heavy atom. The minimum absolute atomic E-state index is 0.290. The maximum Gasteiger partial charge on any atom is 0.200 e. The summed E-state index contributed by atoms with van der Waals surface area (Å²) in [4.78, 5) is 0. The Labute approximate surface area is 80.6 Å². The summed E-state index contributed by atoms with van der Waals surface area (Å²) in [5.74, 6) is -1.34. The molecule has 0 aliphatic carbocycles. The fourth-order valence-electron chi connectivity index (χ4n) is 1.09. The average Bonchev–Trinajstić information content (AvgIpc) is 2.14. The second-order valence-corrected chi connectivity index (χ2v) is 2.99. The standard InChI is InChI=1S/C9H11NO4/c1-5(10-14)2-6-3-7(11)9(13)8(12)4-6/h3-4,11-14H,2H2,1H3/b10-5+. The number of oxime groups is 1. The quantitative estimate of drug-likeness (QED) is 0.248. The monoisotopic (exact) mass is 197 g/mol. The van der Waals surface area contributed by atoms with Gasteiger partial charge >= 0.3 is 0 Å². The van der Waals surface area contributed by atoms with E-state index in [-0.39, 0.29) is 6.42 Å². The van der Waals surface area contributed by atoms with Crippen LogP contribution in [0.3, 0.4) is 0 Å². The molecular weight excluding hydrogens is 186 g/mol. The largest absolute Gasteiger partial charge is 0.504 e. The van der Waals surface area contributed by atoms with Crippen molar-refractivity contribution < 1.29 is 20.5 Å². The molecule has 0 saturated heterocycles. The lowest BCUT2D eigenvalue weighted by atomic mass is 10.1. The predicted octanol–water partition coefficient (Wildman–Crippen LogP) is 1.20. The number of hydrogen-bond acceptors (Lipinski definition) is 5. The van der Waals surface area contributed by atoms with E-state index in [0.29, 0.717) is 11.3 Å². The van der Waals surface area contributed by atoms with Crippen LogP contribution in [-0.4, -0.2) is 26.2 Å². The molecule has 1 aromatic carbocycles. The molecule has 5 nitrogen and oxygen atoms in total. The van der Waals surface area contributed by atoms with Crippen LogP contribution in [0.1, 0.15) is 12.5 Å². The zero-order valence-corrected chi connectivity index (χ0v) is 7.60. The highest BCUT2D eigenvalue weighted by molar-refractivity contribution is 5.83. The molecule has 14 heavy (non-hydrogen) atoms. The number of nitrogens with zero attached hydrogens (tertiary/aromatic N) is 1. The molecule has 0 atom stereocenters. The number of hydrogen-bond donors (Lipinski definition) is 4. The molecule has 0 aromatic heterocycles. The first kappa shape index (κ1) is 10.2. The first-order valence-corrected chi connectivity index (χ1v) is 3.96. The van der Waals surface area contributed by atoms with E-state index in [9.17, 15) is 0 Å². The summed E-state index contributed by atoms with van der Waals surface area (Å²) < 4.78 is 0. The zero-order chi connectivity index (χ0) is 10.7. The van der Waals surface area contributed by atoms with Gasteiger partial charge in [0, 0.05) is 6.42 Å². The van der Waals surface area contributed by atoms with Gasteiger partial charge in [0.05, 0.1) is 5.71 Å². The molecule has 0 aliphatic heterocycles. The van der Waals surface area contributed by atoms with Crippen LogP contribution in [0.5, 0.6) is 17.2 Å². The van der Waals surface area contributed by atoms with Gasteiger partial charge in [0.2, 0.25) is 0 Å². The van der Waals surface area contributed by atoms with Crippen LogP contribution in [-0.2, 0) is 6.42 Å². The van der Waals surface area contributed by atoms with Gasteiger partial charge in [-0.25, -0.2) is 0 Å². The minimum atomic E-state index is -0.549. The minimum Gasteiger partial charge on any atom is -0.504 e. The highest BCUT2D eigenvalue weighted by atomic mass is 16.4. The van der Waals surface area contributed by atoms with E-state index >= 15 is 0 Å². The lowest BCUT2D eigenvalue weighted by Crippen LogP contribution is -1.97. The Hall–Kier alpha value is -1.91. The van der Waals surface area contributed by atoms with Crippen molar-refractivity contribution in [1.82, 2.24) is 0 Å². The summed E-state index contributed by atoms with van der Waals surface area (Å²) in [6.07, 6.45) is 0.290. The molecule has 0 spiro atoms. The number of phenolic OH excluding ortho intramolecular Hbond substituents is 3. The zero-order valence-electron chi connectivity index (χ0n) is 7.60. The van der Waals surface area contributed by atoms with E-state index in [0.717, 1.165) is 0 Å². The van der Waals surface area contributed by atoms with E-state index in [2.05, 4.69) is 5.16 Å². The van der Waals surface area contributed by atoms with Crippen LogP contribution in [0.25, 0.3) is 0 Å². The van der Waals surface area contributed by atoms with Crippen LogP contribution >= 0.6 is 0 Å². The molecule has 5 heteroatoms. The van der Waals surface area contributed by atoms with Gasteiger partial charge in [-0.05, 0) is 24.6 Å². The van der Waals surface area contributed by atoms with Crippen molar-refractivity contribution in [3.8, 4) is 17.2 Å². The summed E-state index contributed by atoms with van der Waals surface area (Å²) in [6, 6.07) is 2.59. The molecule has 0 saturated carbocycles. The number of benzene rings is 1. The van der Waals surface area contributed by atoms with Gasteiger partial charge in [-0.3, -0.25) is 0 Å². The van der Waals surface area contributed by atoms with Gasteiger partial charge in [-0.2, -0.15) is 0 Å². The predicted molar refractivity (Wildman–Crippen MR) is 50.0 cm³/mol. The van der Waals surface area contributed by atoms with E-state index in [4.69, 9.17) is 20.5 Å². The van der Waals surface area contributed by atoms with E-state index < -0.39 is 17.2 Å². The molecule has 0 fully saturated rings. The molecule has 0 heterocycles. The van der Waals surface area contributed by atoms with Gasteiger partial charge in [0.1, 0.15) is 0 Å². The molecule has 0 unspecified atom stereocenters. The average molecular weight is 197 g/mol. The van der Waals surface area contributed by atoms with Crippen molar-refractivity contribution in [3.05, 3.63) is 17.7 Å². The Kier molecular flexibility index (Phi) is 2.81. The third kappa shape index (κ3) is 2.07. The van der Waals surface area contributed by atoms with Crippen LogP contribution < -0.4 is 0 Å². The van der Waals surface area contributed by atoms with Crippen molar-refractivity contribution in [3.63, 3.8) is 0 Å². The van der Waals surface area contributed by atoms with Gasteiger partial charge < -0.3 is 20.5 Å². The summed E-state index contributed by atoms with van der Waals surface area (Å²) in [5.41, 5.74) is 0.989. The molecule has 0 aliphatic rings. The Morgan fingerprint density at radius 3 is 2.14 bits per heavy atom. The smallest absolute Gasteiger partial charge is 0.200 e. The van der Waals surface area contributed by atoms with Crippen LogP contribution in [0, 0.1) is 0 Å². The molecule has 0 bridgehead atoms. The lowest BCUT2D eigenvalue weighted by Gasteiger charge is -2.04. The van der Waals surface area contributed by atoms with Crippen molar-refractivity contribution in [1.29, 1.82) is 0 Å². The fraction of sp³-hybridized carbons (Fsp3) is 0.222. The summed E-state index contributed by atoms with van der Waals surface area (Å²) in [6.45, 7) is 1.60. The molecule has 1 rings (SSSR count). The molecule has 1 aromatic rings. The van der Waals surface area contributed by atoms with E-state index in [1.807, 2.05) is 0 Å². The maximum atomic E-state index is 9.15. The third-order valence-corrected chi connectivity index (χ3v) is 1.76. The van der Waals surface area contributed by atoms with E-state index in [1.54, 1.807) is 6.92 Å². The SMILES string of the molecule is C/C(Cc1cc(O)c(O)c(O)c1)=N\O. The molecule has 76 valence electrons. The summed E-state index contributed by atoms with van der Waals surface area (Å²) in [5, 5.41) is 38.7. The molecule has 0 amide bonds. The van der Waals surface area contributed by atoms with Gasteiger partial charge in [-0.15, -0.1) is 0 Å². The normalized spacial score (nSPS) is 11.6. The summed E-state index contributed by atoms with van der Waals surface area (Å²) >= 11 is 0. The van der Waals surface area contributed by atoms with E-state index in [1.165, 1.54) is 12.1 Å². The molecular formula is C9H11NO4. The van der Waals surface area contributed by atoms with Crippen molar-refractivity contribution >= 4 is 5.71 Å². The second-order valence-electron chi connectivity index (χ2n) is 2.99. The second kappa shape index (κ2) is 3.87. The fourth-order valence-corrected chi connectivity index (χ4v) is 1.09.